The summed E-state index contributed by atoms with van der Waals surface area (Å²) in [5.74, 6) is 0. The molecule has 1 aromatic heterocycles. The Morgan fingerprint density at radius 3 is 2.38 bits per heavy atom. The number of aryl methyl sites for hydroxylation is 1. The summed E-state index contributed by atoms with van der Waals surface area (Å²) in [6.07, 6.45) is 0. The lowest BCUT2D eigenvalue weighted by molar-refractivity contribution is -0.386. The summed E-state index contributed by atoms with van der Waals surface area (Å²) in [5, 5.41) is 14.1. The zero-order chi connectivity index (χ0) is 10.2. The van der Waals surface area contributed by atoms with Crippen molar-refractivity contribution < 1.29 is 9.72 Å². The van der Waals surface area contributed by atoms with E-state index < -0.39 is 11.0 Å². The Labute approximate surface area is 73.3 Å². The molecule has 0 saturated heterocycles. The van der Waals surface area contributed by atoms with Crippen LogP contribution in [0.4, 0.5) is 10.5 Å². The molecule has 2 N–H and O–H groups in total. The van der Waals surface area contributed by atoms with Gasteiger partial charge in [-0.15, -0.1) is 0 Å². The molecule has 1 heterocycles. The quantitative estimate of drug-likeness (QED) is 0.501. The highest BCUT2D eigenvalue weighted by Crippen LogP contribution is 2.20. The van der Waals surface area contributed by atoms with Gasteiger partial charge in [-0.25, -0.2) is 4.79 Å². The highest BCUT2D eigenvalue weighted by molar-refractivity contribution is 5.75. The van der Waals surface area contributed by atoms with Crippen LogP contribution in [0.15, 0.2) is 0 Å². The molecule has 0 aromatic carbocycles. The number of hydrogen-bond acceptors (Lipinski definition) is 4. The summed E-state index contributed by atoms with van der Waals surface area (Å²) < 4.78 is 0.813. The molecule has 0 aliphatic heterocycles. The van der Waals surface area contributed by atoms with Crippen molar-refractivity contribution >= 4 is 11.7 Å². The van der Waals surface area contributed by atoms with E-state index in [1.807, 2.05) is 0 Å². The Kier molecular flexibility index (Phi) is 2.01. The van der Waals surface area contributed by atoms with Crippen LogP contribution in [-0.4, -0.2) is 20.7 Å². The second kappa shape index (κ2) is 2.85. The molecular weight excluding hydrogens is 176 g/mol. The van der Waals surface area contributed by atoms with E-state index in [1.165, 1.54) is 13.8 Å². The highest BCUT2D eigenvalue weighted by Gasteiger charge is 2.23. The number of amides is 1. The molecule has 7 nitrogen and oxygen atoms in total. The van der Waals surface area contributed by atoms with Crippen molar-refractivity contribution in [1.82, 2.24) is 9.78 Å². The third-order valence-electron chi connectivity index (χ3n) is 1.64. The minimum atomic E-state index is -0.825. The smallest absolute Gasteiger partial charge is 0.339 e. The zero-order valence-corrected chi connectivity index (χ0v) is 7.14. The van der Waals surface area contributed by atoms with Crippen LogP contribution in [0.5, 0.6) is 0 Å². The number of nitrogens with zero attached hydrogens (tertiary/aromatic N) is 3. The second-order valence-corrected chi connectivity index (χ2v) is 2.53. The van der Waals surface area contributed by atoms with Gasteiger partial charge in [0, 0.05) is 0 Å². The van der Waals surface area contributed by atoms with Crippen molar-refractivity contribution in [3.63, 3.8) is 0 Å². The monoisotopic (exact) mass is 184 g/mol. The SMILES string of the molecule is Cc1nn(C(N)=O)c(C)c1[N+](=O)[O-]. The third-order valence-corrected chi connectivity index (χ3v) is 1.64. The minimum Gasteiger partial charge on any atom is -0.350 e. The molecule has 0 aliphatic carbocycles. The lowest BCUT2D eigenvalue weighted by Crippen LogP contribution is -2.22. The molecule has 1 aromatic rings. The first-order valence-electron chi connectivity index (χ1n) is 3.45. The van der Waals surface area contributed by atoms with Gasteiger partial charge in [0.05, 0.1) is 4.92 Å². The fourth-order valence-corrected chi connectivity index (χ4v) is 1.11. The maximum atomic E-state index is 10.7. The van der Waals surface area contributed by atoms with Crippen LogP contribution in [0.3, 0.4) is 0 Å². The molecule has 0 atom stereocenters. The first-order valence-corrected chi connectivity index (χ1v) is 3.45. The van der Waals surface area contributed by atoms with Crippen molar-refractivity contribution in [2.45, 2.75) is 13.8 Å². The summed E-state index contributed by atoms with van der Waals surface area (Å²) in [4.78, 5) is 20.6. The van der Waals surface area contributed by atoms with Crippen LogP contribution in [-0.2, 0) is 0 Å². The maximum Gasteiger partial charge on any atom is 0.339 e. The van der Waals surface area contributed by atoms with Gasteiger partial charge >= 0.3 is 11.7 Å². The van der Waals surface area contributed by atoms with Crippen molar-refractivity contribution in [1.29, 1.82) is 0 Å². The van der Waals surface area contributed by atoms with Crippen molar-refractivity contribution in [2.24, 2.45) is 5.73 Å². The Balaban J connectivity index is 3.39. The number of rotatable bonds is 1. The predicted octanol–water partition coefficient (Wildman–Crippen LogP) is 0.335. The van der Waals surface area contributed by atoms with Gasteiger partial charge in [0.2, 0.25) is 0 Å². The molecule has 0 bridgehead atoms. The number of nitro groups is 1. The van der Waals surface area contributed by atoms with Gasteiger partial charge in [-0.2, -0.15) is 9.78 Å². The predicted molar refractivity (Wildman–Crippen MR) is 43.3 cm³/mol. The minimum absolute atomic E-state index is 0.148. The number of carbonyl (C=O) groups is 1. The van der Waals surface area contributed by atoms with Crippen molar-refractivity contribution in [2.75, 3.05) is 0 Å². The van der Waals surface area contributed by atoms with Crippen LogP contribution in [0, 0.1) is 24.0 Å². The topological polar surface area (TPSA) is 104 Å². The number of primary amides is 1. The number of nitrogens with two attached hydrogens (primary N) is 1. The first-order chi connectivity index (χ1) is 5.95. The average molecular weight is 184 g/mol. The van der Waals surface area contributed by atoms with Crippen LogP contribution >= 0.6 is 0 Å². The van der Waals surface area contributed by atoms with Crippen LogP contribution in [0.2, 0.25) is 0 Å². The molecule has 0 fully saturated rings. The molecule has 70 valence electrons. The van der Waals surface area contributed by atoms with Crippen molar-refractivity contribution in [3.05, 3.63) is 21.5 Å². The van der Waals surface area contributed by atoms with Gasteiger partial charge in [0.15, 0.2) is 0 Å². The Morgan fingerprint density at radius 2 is 2.15 bits per heavy atom. The van der Waals surface area contributed by atoms with E-state index >= 15 is 0 Å². The molecule has 0 saturated carbocycles. The Hall–Kier alpha value is -1.92. The van der Waals surface area contributed by atoms with Crippen LogP contribution in [0.1, 0.15) is 11.4 Å². The van der Waals surface area contributed by atoms with Gasteiger partial charge in [0.1, 0.15) is 11.4 Å². The highest BCUT2D eigenvalue weighted by atomic mass is 16.6. The normalized spacial score (nSPS) is 10.0. The van der Waals surface area contributed by atoms with E-state index in [4.69, 9.17) is 5.73 Å². The zero-order valence-electron chi connectivity index (χ0n) is 7.14. The fraction of sp³-hybridized carbons (Fsp3) is 0.333. The molecule has 0 radical (unpaired) electrons. The van der Waals surface area contributed by atoms with E-state index in [0.717, 1.165) is 4.68 Å². The van der Waals surface area contributed by atoms with Crippen LogP contribution < -0.4 is 5.73 Å². The van der Waals surface area contributed by atoms with Gasteiger partial charge in [0.25, 0.3) is 0 Å². The molecule has 0 aliphatic rings. The van der Waals surface area contributed by atoms with Crippen molar-refractivity contribution in [3.8, 4) is 0 Å². The fourth-order valence-electron chi connectivity index (χ4n) is 1.11. The van der Waals surface area contributed by atoms with Gasteiger partial charge < -0.3 is 5.73 Å². The largest absolute Gasteiger partial charge is 0.350 e. The maximum absolute atomic E-state index is 10.7. The van der Waals surface area contributed by atoms with Crippen LogP contribution in [0.25, 0.3) is 0 Å². The number of carbonyl (C=O) groups excluding carboxylic acids is 1. The number of hydrogen-bond donors (Lipinski definition) is 1. The summed E-state index contributed by atoms with van der Waals surface area (Å²) >= 11 is 0. The van der Waals surface area contributed by atoms with E-state index in [-0.39, 0.29) is 17.1 Å². The molecule has 0 unspecified atom stereocenters. The molecule has 0 spiro atoms. The average Bonchev–Trinajstić information content (AvgIpc) is 2.26. The lowest BCUT2D eigenvalue weighted by atomic mass is 10.3. The molecule has 1 amide bonds. The second-order valence-electron chi connectivity index (χ2n) is 2.53. The van der Waals surface area contributed by atoms with Gasteiger partial charge in [-0.3, -0.25) is 10.1 Å². The molecular formula is C6H8N4O3. The van der Waals surface area contributed by atoms with Gasteiger partial charge in [-0.05, 0) is 13.8 Å². The summed E-state index contributed by atoms with van der Waals surface area (Å²) in [7, 11) is 0. The number of aromatic nitrogens is 2. The van der Waals surface area contributed by atoms with E-state index in [2.05, 4.69) is 5.10 Å². The Bertz CT molecular complexity index is 381. The van der Waals surface area contributed by atoms with E-state index in [9.17, 15) is 14.9 Å². The summed E-state index contributed by atoms with van der Waals surface area (Å²) in [6, 6.07) is -0.825. The molecule has 13 heavy (non-hydrogen) atoms. The summed E-state index contributed by atoms with van der Waals surface area (Å²) in [6.45, 7) is 2.87. The van der Waals surface area contributed by atoms with E-state index in [1.54, 1.807) is 0 Å². The molecule has 1 rings (SSSR count). The standard InChI is InChI=1S/C6H8N4O3/c1-3-5(10(12)13)4(2)9(8-3)6(7)11/h1-2H3,(H2,7,11). The molecule has 7 heteroatoms. The Morgan fingerprint density at radius 1 is 1.62 bits per heavy atom. The summed E-state index contributed by atoms with van der Waals surface area (Å²) in [5.41, 5.74) is 5.10. The third kappa shape index (κ3) is 1.35. The van der Waals surface area contributed by atoms with Gasteiger partial charge in [-0.1, -0.05) is 0 Å². The van der Waals surface area contributed by atoms with E-state index in [0.29, 0.717) is 0 Å². The first kappa shape index (κ1) is 9.17. The lowest BCUT2D eigenvalue weighted by Gasteiger charge is -1.93.